The van der Waals surface area contributed by atoms with Gasteiger partial charge in [0.15, 0.2) is 0 Å². The van der Waals surface area contributed by atoms with Crippen molar-refractivity contribution in [2.45, 2.75) is 0 Å². The average Bonchev–Trinajstić information content (AvgIpc) is 2.20. The first-order valence-electron chi connectivity index (χ1n) is 4.38. The fraction of sp³-hybridized carbons (Fsp3) is 0. The highest BCUT2D eigenvalue weighted by Gasteiger charge is 2.04. The fourth-order valence-corrected chi connectivity index (χ4v) is 1.33. The average molecular weight is 203 g/mol. The van der Waals surface area contributed by atoms with Crippen LogP contribution in [0.15, 0.2) is 41.3 Å². The van der Waals surface area contributed by atoms with E-state index < -0.39 is 0 Å². The number of rotatable bonds is 1. The van der Waals surface area contributed by atoms with Crippen LogP contribution in [0, 0.1) is 0 Å². The summed E-state index contributed by atoms with van der Waals surface area (Å²) in [6.45, 7) is 0. The maximum atomic E-state index is 10.9. The molecule has 15 heavy (non-hydrogen) atoms. The van der Waals surface area contributed by atoms with Gasteiger partial charge in [0.25, 0.3) is 5.56 Å². The van der Waals surface area contributed by atoms with E-state index in [1.165, 1.54) is 18.3 Å². The normalized spacial score (nSPS) is 10.1. The van der Waals surface area contributed by atoms with E-state index in [1.807, 2.05) is 0 Å². The van der Waals surface area contributed by atoms with Crippen molar-refractivity contribution >= 4 is 0 Å². The summed E-state index contributed by atoms with van der Waals surface area (Å²) in [5, 5.41) is 18.6. The smallest absolute Gasteiger partial charge is 0.251 e. The van der Waals surface area contributed by atoms with Gasteiger partial charge in [-0.2, -0.15) is 0 Å². The molecule has 76 valence electrons. The van der Waals surface area contributed by atoms with Crippen molar-refractivity contribution in [2.75, 3.05) is 0 Å². The minimum atomic E-state index is -0.352. The molecule has 0 spiro atoms. The lowest BCUT2D eigenvalue weighted by Gasteiger charge is -2.03. The van der Waals surface area contributed by atoms with Gasteiger partial charge in [-0.3, -0.25) is 4.79 Å². The van der Waals surface area contributed by atoms with E-state index in [0.717, 1.165) is 11.6 Å². The Bertz CT molecular complexity index is 528. The zero-order valence-electron chi connectivity index (χ0n) is 7.77. The van der Waals surface area contributed by atoms with E-state index in [0.29, 0.717) is 5.56 Å². The molecule has 0 saturated carbocycles. The Hall–Kier alpha value is -2.23. The van der Waals surface area contributed by atoms with Crippen molar-refractivity contribution in [2.24, 2.45) is 0 Å². The van der Waals surface area contributed by atoms with Gasteiger partial charge in [0.1, 0.15) is 11.5 Å². The number of aromatic nitrogens is 1. The standard InChI is InChI=1S/C11H9NO3/c13-8-3-1-7(2-4-8)9-6-12-11(15)5-10(9)14/h1-6,13H,(H2,12,14,15). The number of phenolic OH excluding ortho intramolecular Hbond substituents is 1. The quantitative estimate of drug-likeness (QED) is 0.656. The number of nitrogens with one attached hydrogen (secondary N) is 1. The summed E-state index contributed by atoms with van der Waals surface area (Å²) in [5.41, 5.74) is 0.895. The van der Waals surface area contributed by atoms with Crippen LogP contribution in [0.25, 0.3) is 11.1 Å². The van der Waals surface area contributed by atoms with Crippen LogP contribution in [0.4, 0.5) is 0 Å². The maximum absolute atomic E-state index is 10.9. The maximum Gasteiger partial charge on any atom is 0.251 e. The molecule has 0 aliphatic heterocycles. The van der Waals surface area contributed by atoms with E-state index in [-0.39, 0.29) is 17.1 Å². The Labute approximate surface area is 85.5 Å². The molecule has 2 rings (SSSR count). The highest BCUT2D eigenvalue weighted by molar-refractivity contribution is 5.69. The predicted molar refractivity (Wildman–Crippen MR) is 55.8 cm³/mol. The molecule has 2 aromatic rings. The largest absolute Gasteiger partial charge is 0.508 e. The van der Waals surface area contributed by atoms with E-state index in [2.05, 4.69) is 4.98 Å². The van der Waals surface area contributed by atoms with Gasteiger partial charge in [-0.05, 0) is 17.7 Å². The molecular weight excluding hydrogens is 194 g/mol. The van der Waals surface area contributed by atoms with E-state index >= 15 is 0 Å². The summed E-state index contributed by atoms with van der Waals surface area (Å²) in [5.74, 6) is 0.0760. The predicted octanol–water partition coefficient (Wildman–Crippen LogP) is 1.45. The van der Waals surface area contributed by atoms with Gasteiger partial charge in [-0.25, -0.2) is 0 Å². The summed E-state index contributed by atoms with van der Waals surface area (Å²) in [4.78, 5) is 13.3. The summed E-state index contributed by atoms with van der Waals surface area (Å²) >= 11 is 0. The molecular formula is C11H9NO3. The first kappa shape index (κ1) is 9.33. The minimum Gasteiger partial charge on any atom is -0.508 e. The van der Waals surface area contributed by atoms with Gasteiger partial charge < -0.3 is 15.2 Å². The van der Waals surface area contributed by atoms with Crippen LogP contribution in [-0.2, 0) is 0 Å². The molecule has 1 heterocycles. The van der Waals surface area contributed by atoms with Gasteiger partial charge in [-0.1, -0.05) is 12.1 Å². The minimum absolute atomic E-state index is 0.0792. The third kappa shape index (κ3) is 1.83. The van der Waals surface area contributed by atoms with Gasteiger partial charge >= 0.3 is 0 Å². The fourth-order valence-electron chi connectivity index (χ4n) is 1.33. The van der Waals surface area contributed by atoms with E-state index in [9.17, 15) is 9.90 Å². The molecule has 1 aromatic heterocycles. The number of pyridine rings is 1. The van der Waals surface area contributed by atoms with Crippen LogP contribution in [0.1, 0.15) is 0 Å². The first-order valence-corrected chi connectivity index (χ1v) is 4.38. The summed E-state index contributed by atoms with van der Waals surface area (Å²) < 4.78 is 0. The molecule has 0 unspecified atom stereocenters. The molecule has 4 heteroatoms. The van der Waals surface area contributed by atoms with Crippen LogP contribution in [-0.4, -0.2) is 15.2 Å². The second-order valence-corrected chi connectivity index (χ2v) is 3.14. The van der Waals surface area contributed by atoms with Crippen molar-refractivity contribution in [1.82, 2.24) is 4.98 Å². The van der Waals surface area contributed by atoms with Crippen LogP contribution < -0.4 is 5.56 Å². The van der Waals surface area contributed by atoms with Crippen LogP contribution >= 0.6 is 0 Å². The third-order valence-electron chi connectivity index (χ3n) is 2.08. The van der Waals surface area contributed by atoms with E-state index in [4.69, 9.17) is 5.11 Å². The molecule has 0 aliphatic rings. The van der Waals surface area contributed by atoms with Crippen molar-refractivity contribution in [3.63, 3.8) is 0 Å². The molecule has 0 atom stereocenters. The van der Waals surface area contributed by atoms with Crippen molar-refractivity contribution in [3.8, 4) is 22.6 Å². The Kier molecular flexibility index (Phi) is 2.17. The van der Waals surface area contributed by atoms with Crippen LogP contribution in [0.2, 0.25) is 0 Å². The number of H-pyrrole nitrogens is 1. The topological polar surface area (TPSA) is 73.3 Å². The van der Waals surface area contributed by atoms with Gasteiger partial charge in [0, 0.05) is 17.8 Å². The molecule has 0 saturated heterocycles. The number of hydrogen-bond donors (Lipinski definition) is 3. The Morgan fingerprint density at radius 3 is 2.33 bits per heavy atom. The molecule has 0 fully saturated rings. The third-order valence-corrected chi connectivity index (χ3v) is 2.08. The van der Waals surface area contributed by atoms with Gasteiger partial charge in [-0.15, -0.1) is 0 Å². The molecule has 4 nitrogen and oxygen atoms in total. The summed E-state index contributed by atoms with van der Waals surface area (Å²) in [7, 11) is 0. The lowest BCUT2D eigenvalue weighted by atomic mass is 10.1. The number of benzene rings is 1. The molecule has 3 N–H and O–H groups in total. The highest BCUT2D eigenvalue weighted by Crippen LogP contribution is 2.27. The Morgan fingerprint density at radius 1 is 1.07 bits per heavy atom. The lowest BCUT2D eigenvalue weighted by molar-refractivity contribution is 0.473. The zero-order valence-corrected chi connectivity index (χ0v) is 7.77. The number of aromatic hydroxyl groups is 2. The second-order valence-electron chi connectivity index (χ2n) is 3.14. The monoisotopic (exact) mass is 203 g/mol. The molecule has 0 radical (unpaired) electrons. The highest BCUT2D eigenvalue weighted by atomic mass is 16.3. The second kappa shape index (κ2) is 3.49. The number of hydrogen-bond acceptors (Lipinski definition) is 3. The van der Waals surface area contributed by atoms with Crippen LogP contribution in [0.5, 0.6) is 11.5 Å². The molecule has 0 aliphatic carbocycles. The lowest BCUT2D eigenvalue weighted by Crippen LogP contribution is -2.02. The van der Waals surface area contributed by atoms with Crippen molar-refractivity contribution in [1.29, 1.82) is 0 Å². The van der Waals surface area contributed by atoms with Gasteiger partial charge in [0.2, 0.25) is 0 Å². The Morgan fingerprint density at radius 2 is 1.73 bits per heavy atom. The molecule has 1 aromatic carbocycles. The van der Waals surface area contributed by atoms with Crippen molar-refractivity contribution in [3.05, 3.63) is 46.9 Å². The van der Waals surface area contributed by atoms with E-state index in [1.54, 1.807) is 12.1 Å². The van der Waals surface area contributed by atoms with Crippen LogP contribution in [0.3, 0.4) is 0 Å². The Balaban J connectivity index is 2.54. The molecule has 0 amide bonds. The summed E-state index contributed by atoms with van der Waals surface area (Å²) in [6, 6.07) is 7.45. The number of phenols is 1. The molecule has 0 bridgehead atoms. The SMILES string of the molecule is O=c1cc(O)c(-c2ccc(O)cc2)c[nH]1. The zero-order chi connectivity index (χ0) is 10.8. The van der Waals surface area contributed by atoms with Gasteiger partial charge in [0.05, 0.1) is 0 Å². The number of aromatic amines is 1. The first-order chi connectivity index (χ1) is 7.16. The van der Waals surface area contributed by atoms with Crippen molar-refractivity contribution < 1.29 is 10.2 Å². The summed E-state index contributed by atoms with van der Waals surface area (Å²) in [6.07, 6.45) is 1.43.